The molecule has 6 heteroatoms. The number of pyridine rings is 1. The topological polar surface area (TPSA) is 73.1 Å². The molecule has 0 amide bonds. The van der Waals surface area contributed by atoms with Crippen molar-refractivity contribution in [3.63, 3.8) is 0 Å². The fraction of sp³-hybridized carbons (Fsp3) is 0.400. The number of hydrogen-bond donors (Lipinski definition) is 0. The monoisotopic (exact) mass is 286 g/mol. The van der Waals surface area contributed by atoms with E-state index in [9.17, 15) is 14.9 Å². The van der Waals surface area contributed by atoms with Gasteiger partial charge in [0.15, 0.2) is 0 Å². The Labute approximate surface area is 101 Å². The van der Waals surface area contributed by atoms with Crippen LogP contribution in [-0.2, 0) is 11.2 Å². The van der Waals surface area contributed by atoms with E-state index in [1.165, 1.54) is 12.3 Å². The van der Waals surface area contributed by atoms with E-state index in [0.717, 1.165) is 6.42 Å². The summed E-state index contributed by atoms with van der Waals surface area (Å²) in [5, 5.41) is 10.5. The van der Waals surface area contributed by atoms with Crippen molar-refractivity contribution in [3.05, 3.63) is 32.5 Å². The number of ketones is 1. The van der Waals surface area contributed by atoms with Crippen LogP contribution in [0.4, 0.5) is 5.69 Å². The first-order chi connectivity index (χ1) is 7.54. The lowest BCUT2D eigenvalue weighted by atomic mass is 10.1. The molecule has 5 nitrogen and oxygen atoms in total. The van der Waals surface area contributed by atoms with Gasteiger partial charge in [-0.15, -0.1) is 0 Å². The summed E-state index contributed by atoms with van der Waals surface area (Å²) in [6.07, 6.45) is 2.68. The number of halogens is 1. The lowest BCUT2D eigenvalue weighted by Crippen LogP contribution is -2.05. The van der Waals surface area contributed by atoms with E-state index in [4.69, 9.17) is 0 Å². The number of carbonyl (C=O) groups is 1. The molecule has 16 heavy (non-hydrogen) atoms. The van der Waals surface area contributed by atoms with Crippen molar-refractivity contribution in [1.82, 2.24) is 4.98 Å². The van der Waals surface area contributed by atoms with Crippen LogP contribution < -0.4 is 0 Å². The maximum Gasteiger partial charge on any atom is 0.288 e. The molecule has 0 aliphatic heterocycles. The molecule has 1 aromatic rings. The highest BCUT2D eigenvalue weighted by atomic mass is 79.9. The number of carbonyl (C=O) groups excluding carboxylic acids is 1. The third-order valence-corrected chi connectivity index (χ3v) is 2.69. The van der Waals surface area contributed by atoms with Crippen LogP contribution >= 0.6 is 15.9 Å². The molecule has 1 heterocycles. The van der Waals surface area contributed by atoms with Crippen molar-refractivity contribution in [2.75, 3.05) is 0 Å². The number of Topliss-reactive ketones (excluding diaryl/α,β-unsaturated/α-hetero) is 1. The summed E-state index contributed by atoms with van der Waals surface area (Å²) in [4.78, 5) is 25.2. The van der Waals surface area contributed by atoms with Gasteiger partial charge in [0, 0.05) is 23.4 Å². The van der Waals surface area contributed by atoms with E-state index in [2.05, 4.69) is 20.9 Å². The average molecular weight is 287 g/mol. The van der Waals surface area contributed by atoms with Crippen LogP contribution in [0.15, 0.2) is 16.7 Å². The Hall–Kier alpha value is -1.30. The largest absolute Gasteiger partial charge is 0.299 e. The first-order valence-electron chi connectivity index (χ1n) is 4.85. The van der Waals surface area contributed by atoms with Crippen molar-refractivity contribution >= 4 is 27.4 Å². The zero-order valence-corrected chi connectivity index (χ0v) is 10.4. The maximum absolute atomic E-state index is 11.4. The standard InChI is InChI=1S/C10H11BrN2O3/c1-2-3-8(14)5-10-9(11)4-7(6-12-10)13(15)16/h4,6H,2-3,5H2,1H3. The molecule has 0 N–H and O–H groups in total. The van der Waals surface area contributed by atoms with E-state index in [-0.39, 0.29) is 17.9 Å². The van der Waals surface area contributed by atoms with Gasteiger partial charge in [-0.2, -0.15) is 0 Å². The SMILES string of the molecule is CCCC(=O)Cc1ncc([N+](=O)[O-])cc1Br. The zero-order chi connectivity index (χ0) is 12.1. The van der Waals surface area contributed by atoms with Crippen LogP contribution in [0.1, 0.15) is 25.5 Å². The third kappa shape index (κ3) is 3.37. The van der Waals surface area contributed by atoms with Gasteiger partial charge in [-0.25, -0.2) is 0 Å². The predicted molar refractivity (Wildman–Crippen MR) is 62.2 cm³/mol. The first-order valence-corrected chi connectivity index (χ1v) is 5.64. The first kappa shape index (κ1) is 12.8. The molecule has 0 unspecified atom stereocenters. The Morgan fingerprint density at radius 3 is 2.81 bits per heavy atom. The smallest absolute Gasteiger partial charge is 0.288 e. The number of hydrogen-bond acceptors (Lipinski definition) is 4. The van der Waals surface area contributed by atoms with E-state index in [1.807, 2.05) is 6.92 Å². The summed E-state index contributed by atoms with van der Waals surface area (Å²) in [5.41, 5.74) is 0.461. The molecule has 0 saturated heterocycles. The van der Waals surface area contributed by atoms with Gasteiger partial charge in [0.25, 0.3) is 5.69 Å². The Bertz CT molecular complexity index is 421. The molecule has 1 aromatic heterocycles. The van der Waals surface area contributed by atoms with Crippen LogP contribution in [0.2, 0.25) is 0 Å². The summed E-state index contributed by atoms with van der Waals surface area (Å²) in [5.74, 6) is 0.0875. The quantitative estimate of drug-likeness (QED) is 0.616. The fourth-order valence-electron chi connectivity index (χ4n) is 1.24. The van der Waals surface area contributed by atoms with E-state index >= 15 is 0 Å². The van der Waals surface area contributed by atoms with Crippen molar-refractivity contribution in [2.24, 2.45) is 0 Å². The van der Waals surface area contributed by atoms with Gasteiger partial charge in [0.1, 0.15) is 12.0 Å². The molecule has 0 bridgehead atoms. The Balaban J connectivity index is 2.83. The van der Waals surface area contributed by atoms with Crippen molar-refractivity contribution in [1.29, 1.82) is 0 Å². The highest BCUT2D eigenvalue weighted by molar-refractivity contribution is 9.10. The fourth-order valence-corrected chi connectivity index (χ4v) is 1.72. The maximum atomic E-state index is 11.4. The molecule has 0 aliphatic rings. The Kier molecular flexibility index (Phi) is 4.54. The molecule has 86 valence electrons. The molecule has 0 saturated carbocycles. The number of rotatable bonds is 5. The van der Waals surface area contributed by atoms with Crippen LogP contribution in [0.25, 0.3) is 0 Å². The van der Waals surface area contributed by atoms with E-state index in [1.54, 1.807) is 0 Å². The average Bonchev–Trinajstić information content (AvgIpc) is 2.21. The minimum absolute atomic E-state index is 0.0847. The number of nitrogens with zero attached hydrogens (tertiary/aromatic N) is 2. The number of aromatic nitrogens is 1. The van der Waals surface area contributed by atoms with Gasteiger partial charge < -0.3 is 0 Å². The van der Waals surface area contributed by atoms with Crippen molar-refractivity contribution < 1.29 is 9.72 Å². The lowest BCUT2D eigenvalue weighted by molar-refractivity contribution is -0.385. The molecule has 0 aromatic carbocycles. The van der Waals surface area contributed by atoms with Gasteiger partial charge in [-0.05, 0) is 22.4 Å². The summed E-state index contributed by atoms with van der Waals surface area (Å²) in [7, 11) is 0. The second kappa shape index (κ2) is 5.69. The van der Waals surface area contributed by atoms with Gasteiger partial charge in [0.05, 0.1) is 10.6 Å². The lowest BCUT2D eigenvalue weighted by Gasteiger charge is -2.02. The van der Waals surface area contributed by atoms with Crippen LogP contribution in [-0.4, -0.2) is 15.7 Å². The van der Waals surface area contributed by atoms with Crippen molar-refractivity contribution in [2.45, 2.75) is 26.2 Å². The third-order valence-electron chi connectivity index (χ3n) is 2.01. The molecule has 1 rings (SSSR count). The molecule has 0 radical (unpaired) electrons. The van der Waals surface area contributed by atoms with Crippen molar-refractivity contribution in [3.8, 4) is 0 Å². The number of nitro groups is 1. The van der Waals surface area contributed by atoms with E-state index in [0.29, 0.717) is 16.6 Å². The Morgan fingerprint density at radius 2 is 2.31 bits per heavy atom. The minimum Gasteiger partial charge on any atom is -0.299 e. The van der Waals surface area contributed by atoms with Gasteiger partial charge in [0.2, 0.25) is 0 Å². The molecular formula is C10H11BrN2O3. The van der Waals surface area contributed by atoms with Crippen LogP contribution in [0.5, 0.6) is 0 Å². The summed E-state index contributed by atoms with van der Waals surface area (Å²) < 4.78 is 0.506. The Morgan fingerprint density at radius 1 is 1.62 bits per heavy atom. The summed E-state index contributed by atoms with van der Waals surface area (Å²) in [6.45, 7) is 1.93. The van der Waals surface area contributed by atoms with Crippen LogP contribution in [0.3, 0.4) is 0 Å². The summed E-state index contributed by atoms with van der Waals surface area (Å²) in [6, 6.07) is 1.36. The molecular weight excluding hydrogens is 276 g/mol. The highest BCUT2D eigenvalue weighted by Crippen LogP contribution is 2.21. The molecule has 0 fully saturated rings. The van der Waals surface area contributed by atoms with Gasteiger partial charge >= 0.3 is 0 Å². The molecule has 0 atom stereocenters. The minimum atomic E-state index is -0.518. The van der Waals surface area contributed by atoms with Crippen LogP contribution in [0, 0.1) is 10.1 Å². The van der Waals surface area contributed by atoms with E-state index < -0.39 is 4.92 Å². The summed E-state index contributed by atoms with van der Waals surface area (Å²) >= 11 is 3.18. The molecule has 0 aliphatic carbocycles. The molecule has 0 spiro atoms. The van der Waals surface area contributed by atoms with Gasteiger partial charge in [-0.1, -0.05) is 6.92 Å². The van der Waals surface area contributed by atoms with Gasteiger partial charge in [-0.3, -0.25) is 19.9 Å². The normalized spacial score (nSPS) is 10.1. The predicted octanol–water partition coefficient (Wildman–Crippen LogP) is 2.66. The second-order valence-electron chi connectivity index (χ2n) is 3.34. The highest BCUT2D eigenvalue weighted by Gasteiger charge is 2.12. The zero-order valence-electron chi connectivity index (χ0n) is 8.77. The second-order valence-corrected chi connectivity index (χ2v) is 4.20.